The van der Waals surface area contributed by atoms with Gasteiger partial charge in [-0.2, -0.15) is 0 Å². The van der Waals surface area contributed by atoms with Crippen molar-refractivity contribution in [3.63, 3.8) is 0 Å². The number of nitrogens with one attached hydrogen (secondary N) is 2. The van der Waals surface area contributed by atoms with Crippen LogP contribution in [0.3, 0.4) is 0 Å². The summed E-state index contributed by atoms with van der Waals surface area (Å²) in [5.41, 5.74) is 0.0485. The number of hydrogen-bond acceptors (Lipinski definition) is 6. The van der Waals surface area contributed by atoms with E-state index >= 15 is 0 Å². The van der Waals surface area contributed by atoms with E-state index in [0.717, 1.165) is 0 Å². The average Bonchev–Trinajstić information content (AvgIpc) is 2.46. The number of carboxylic acid groups (broad SMARTS) is 1. The quantitative estimate of drug-likeness (QED) is 0.293. The molecule has 9 nitrogen and oxygen atoms in total. The second kappa shape index (κ2) is 8.70. The van der Waals surface area contributed by atoms with Crippen molar-refractivity contribution in [3.05, 3.63) is 34.4 Å². The van der Waals surface area contributed by atoms with E-state index in [9.17, 15) is 19.7 Å². The van der Waals surface area contributed by atoms with Crippen LogP contribution in [0.25, 0.3) is 0 Å². The molecule has 1 rings (SSSR count). The molecule has 0 spiro atoms. The molecule has 0 saturated heterocycles. The third kappa shape index (κ3) is 5.85. The second-order valence-corrected chi connectivity index (χ2v) is 4.48. The van der Waals surface area contributed by atoms with Crippen LogP contribution in [0.2, 0.25) is 0 Å². The molecule has 0 aliphatic carbocycles. The van der Waals surface area contributed by atoms with E-state index in [1.165, 1.54) is 24.3 Å². The first-order valence-electron chi connectivity index (χ1n) is 6.55. The minimum absolute atomic E-state index is 0.0841. The summed E-state index contributed by atoms with van der Waals surface area (Å²) in [7, 11) is 0. The number of nitro groups is 1. The Morgan fingerprint density at radius 2 is 2.09 bits per heavy atom. The Morgan fingerprint density at radius 3 is 2.68 bits per heavy atom. The second-order valence-electron chi connectivity index (χ2n) is 4.48. The van der Waals surface area contributed by atoms with Crippen molar-refractivity contribution in [1.29, 1.82) is 0 Å². The van der Waals surface area contributed by atoms with Gasteiger partial charge in [-0.05, 0) is 19.0 Å². The van der Waals surface area contributed by atoms with Crippen molar-refractivity contribution in [2.24, 2.45) is 0 Å². The summed E-state index contributed by atoms with van der Waals surface area (Å²) in [6, 6.07) is 4.27. The minimum Gasteiger partial charge on any atom is -0.480 e. The molecule has 1 unspecified atom stereocenters. The third-order valence-corrected chi connectivity index (χ3v) is 2.75. The number of amides is 1. The summed E-state index contributed by atoms with van der Waals surface area (Å²) < 4.78 is 0. The van der Waals surface area contributed by atoms with E-state index in [1.807, 2.05) is 0 Å². The number of non-ortho nitro benzene ring substituents is 1. The maximum atomic E-state index is 11.8. The number of hydrogen-bond donors (Lipinski definition) is 4. The zero-order valence-electron chi connectivity index (χ0n) is 11.7. The fraction of sp³-hybridized carbons (Fsp3) is 0.385. The smallest absolute Gasteiger partial charge is 0.321 e. The average molecular weight is 311 g/mol. The number of anilines is 1. The number of carboxylic acids is 1. The molecule has 1 amide bonds. The molecule has 120 valence electrons. The van der Waals surface area contributed by atoms with E-state index in [1.54, 1.807) is 0 Å². The van der Waals surface area contributed by atoms with Crippen LogP contribution in [0.15, 0.2) is 24.3 Å². The molecule has 4 N–H and O–H groups in total. The highest BCUT2D eigenvalue weighted by atomic mass is 16.6. The SMILES string of the molecule is O=C(CC(NCCCO)C(=O)O)Nc1cccc([N+](=O)[O-])c1. The van der Waals surface area contributed by atoms with Crippen molar-refractivity contribution in [1.82, 2.24) is 5.32 Å². The Hall–Kier alpha value is -2.52. The molecule has 0 radical (unpaired) electrons. The number of aliphatic carboxylic acids is 1. The number of aliphatic hydroxyl groups excluding tert-OH is 1. The van der Waals surface area contributed by atoms with Crippen LogP contribution in [-0.2, 0) is 9.59 Å². The van der Waals surface area contributed by atoms with Gasteiger partial charge in [0.1, 0.15) is 6.04 Å². The molecule has 0 aliphatic heterocycles. The Kier molecular flexibility index (Phi) is 6.93. The monoisotopic (exact) mass is 311 g/mol. The van der Waals surface area contributed by atoms with Crippen LogP contribution in [0.1, 0.15) is 12.8 Å². The van der Waals surface area contributed by atoms with Crippen LogP contribution in [-0.4, -0.2) is 46.2 Å². The summed E-state index contributed by atoms with van der Waals surface area (Å²) in [5, 5.41) is 33.3. The summed E-state index contributed by atoms with van der Waals surface area (Å²) in [5.74, 6) is -1.77. The molecule has 9 heteroatoms. The first-order chi connectivity index (χ1) is 10.4. The number of aliphatic hydroxyl groups is 1. The standard InChI is InChI=1S/C13H17N3O6/c17-6-2-5-14-11(13(19)20)8-12(18)15-9-3-1-4-10(7-9)16(21)22/h1,3-4,7,11,14,17H,2,5-6,8H2,(H,15,18)(H,19,20). The third-order valence-electron chi connectivity index (χ3n) is 2.75. The van der Waals surface area contributed by atoms with Crippen molar-refractivity contribution in [2.45, 2.75) is 18.9 Å². The Balaban J connectivity index is 2.61. The largest absolute Gasteiger partial charge is 0.480 e. The van der Waals surface area contributed by atoms with Gasteiger partial charge in [-0.3, -0.25) is 19.7 Å². The lowest BCUT2D eigenvalue weighted by Crippen LogP contribution is -2.40. The highest BCUT2D eigenvalue weighted by Crippen LogP contribution is 2.17. The number of rotatable bonds is 9. The Bertz CT molecular complexity index is 548. The fourth-order valence-corrected chi connectivity index (χ4v) is 1.70. The predicted molar refractivity (Wildman–Crippen MR) is 77.5 cm³/mol. The maximum Gasteiger partial charge on any atom is 0.321 e. The summed E-state index contributed by atoms with van der Waals surface area (Å²) in [6.45, 7) is 0.177. The first-order valence-corrected chi connectivity index (χ1v) is 6.55. The lowest BCUT2D eigenvalue weighted by molar-refractivity contribution is -0.384. The fourth-order valence-electron chi connectivity index (χ4n) is 1.70. The number of carbonyl (C=O) groups is 2. The molecule has 1 aromatic rings. The number of carbonyl (C=O) groups excluding carboxylic acids is 1. The van der Waals surface area contributed by atoms with Crippen LogP contribution in [0.5, 0.6) is 0 Å². The summed E-state index contributed by atoms with van der Waals surface area (Å²) in [6.07, 6.45) is 0.0414. The van der Waals surface area contributed by atoms with Crippen LogP contribution in [0, 0.1) is 10.1 Å². The first kappa shape index (κ1) is 17.5. The van der Waals surface area contributed by atoms with Gasteiger partial charge < -0.3 is 20.8 Å². The molecule has 0 saturated carbocycles. The molecule has 1 atom stereocenters. The van der Waals surface area contributed by atoms with Gasteiger partial charge in [0.25, 0.3) is 5.69 Å². The van der Waals surface area contributed by atoms with Gasteiger partial charge >= 0.3 is 5.97 Å². The Morgan fingerprint density at radius 1 is 1.36 bits per heavy atom. The molecular weight excluding hydrogens is 294 g/mol. The van der Waals surface area contributed by atoms with Crippen molar-refractivity contribution in [2.75, 3.05) is 18.5 Å². The van der Waals surface area contributed by atoms with Gasteiger partial charge in [-0.1, -0.05) is 6.07 Å². The van der Waals surface area contributed by atoms with Crippen LogP contribution < -0.4 is 10.6 Å². The lowest BCUT2D eigenvalue weighted by atomic mass is 10.2. The topological polar surface area (TPSA) is 142 Å². The van der Waals surface area contributed by atoms with E-state index < -0.39 is 22.8 Å². The van der Waals surface area contributed by atoms with Gasteiger partial charge in [-0.25, -0.2) is 0 Å². The number of nitro benzene ring substituents is 1. The van der Waals surface area contributed by atoms with Gasteiger partial charge in [0, 0.05) is 24.4 Å². The highest BCUT2D eigenvalue weighted by Gasteiger charge is 2.20. The van der Waals surface area contributed by atoms with E-state index in [0.29, 0.717) is 6.42 Å². The molecular formula is C13H17N3O6. The molecule has 0 aliphatic rings. The van der Waals surface area contributed by atoms with E-state index in [4.69, 9.17) is 10.2 Å². The van der Waals surface area contributed by atoms with Crippen molar-refractivity contribution < 1.29 is 24.7 Å². The molecule has 0 bridgehead atoms. The molecule has 0 heterocycles. The van der Waals surface area contributed by atoms with Crippen LogP contribution in [0.4, 0.5) is 11.4 Å². The molecule has 0 fully saturated rings. The zero-order valence-corrected chi connectivity index (χ0v) is 11.7. The number of nitrogens with zero attached hydrogens (tertiary/aromatic N) is 1. The molecule has 0 aromatic heterocycles. The Labute approximate surface area is 126 Å². The molecule has 22 heavy (non-hydrogen) atoms. The maximum absolute atomic E-state index is 11.8. The number of benzene rings is 1. The van der Waals surface area contributed by atoms with Gasteiger partial charge in [0.15, 0.2) is 0 Å². The van der Waals surface area contributed by atoms with Crippen molar-refractivity contribution >= 4 is 23.3 Å². The van der Waals surface area contributed by atoms with Gasteiger partial charge in [0.05, 0.1) is 11.3 Å². The van der Waals surface area contributed by atoms with Crippen molar-refractivity contribution in [3.8, 4) is 0 Å². The van der Waals surface area contributed by atoms with Gasteiger partial charge in [0.2, 0.25) is 5.91 Å². The lowest BCUT2D eigenvalue weighted by Gasteiger charge is -2.14. The van der Waals surface area contributed by atoms with E-state index in [2.05, 4.69) is 10.6 Å². The summed E-state index contributed by atoms with van der Waals surface area (Å²) >= 11 is 0. The summed E-state index contributed by atoms with van der Waals surface area (Å²) in [4.78, 5) is 32.9. The highest BCUT2D eigenvalue weighted by molar-refractivity contribution is 5.94. The minimum atomic E-state index is -1.19. The van der Waals surface area contributed by atoms with Crippen LogP contribution >= 0.6 is 0 Å². The molecule has 1 aromatic carbocycles. The predicted octanol–water partition coefficient (Wildman–Crippen LogP) is 0.349. The zero-order chi connectivity index (χ0) is 16.5. The van der Waals surface area contributed by atoms with Gasteiger partial charge in [-0.15, -0.1) is 0 Å². The van der Waals surface area contributed by atoms with E-state index in [-0.39, 0.29) is 30.9 Å². The normalized spacial score (nSPS) is 11.7.